The smallest absolute Gasteiger partial charge is 0.397 e. The van der Waals surface area contributed by atoms with Crippen LogP contribution in [-0.2, 0) is 15.8 Å². The third kappa shape index (κ3) is 8.40. The summed E-state index contributed by atoms with van der Waals surface area (Å²) in [6.45, 7) is 2.97. The maximum atomic E-state index is 15.3. The topological polar surface area (TPSA) is 90.7 Å². The molecule has 1 aliphatic rings. The van der Waals surface area contributed by atoms with Crippen molar-refractivity contribution in [1.82, 2.24) is 10.2 Å². The van der Waals surface area contributed by atoms with E-state index in [1.54, 1.807) is 54.6 Å². The Labute approximate surface area is 241 Å². The van der Waals surface area contributed by atoms with E-state index in [1.807, 2.05) is 0 Å². The van der Waals surface area contributed by atoms with E-state index in [4.69, 9.17) is 5.73 Å². The van der Waals surface area contributed by atoms with Crippen molar-refractivity contribution in [2.24, 2.45) is 0 Å². The number of likely N-dealkylation sites (tertiary alicyclic amines) is 1. The first-order chi connectivity index (χ1) is 20.1. The summed E-state index contributed by atoms with van der Waals surface area (Å²) in [5, 5.41) is 5.69. The second-order valence-electron chi connectivity index (χ2n) is 10.0. The minimum absolute atomic E-state index is 0.133. The number of benzene rings is 3. The first-order valence-electron chi connectivity index (χ1n) is 13.7. The number of anilines is 3. The highest BCUT2D eigenvalue weighted by molar-refractivity contribution is 6.03. The Kier molecular flexibility index (Phi) is 10.3. The fraction of sp³-hybridized carbons (Fsp3) is 0.290. The molecule has 1 atom stereocenters. The van der Waals surface area contributed by atoms with Crippen LogP contribution < -0.4 is 21.5 Å². The van der Waals surface area contributed by atoms with Crippen LogP contribution in [0, 0.1) is 0 Å². The fourth-order valence-corrected chi connectivity index (χ4v) is 4.68. The predicted molar refractivity (Wildman–Crippen MR) is 156 cm³/mol. The third-order valence-corrected chi connectivity index (χ3v) is 7.00. The predicted octanol–water partition coefficient (Wildman–Crippen LogP) is 5.97. The van der Waals surface area contributed by atoms with Crippen molar-refractivity contribution in [2.75, 3.05) is 42.4 Å². The van der Waals surface area contributed by atoms with Crippen molar-refractivity contribution in [2.45, 2.75) is 31.5 Å². The molecule has 4 rings (SSSR count). The average molecular weight is 584 g/mol. The zero-order valence-corrected chi connectivity index (χ0v) is 22.9. The number of nitrogens with zero attached hydrogens (tertiary/aromatic N) is 2. The molecule has 222 valence electrons. The van der Waals surface area contributed by atoms with Gasteiger partial charge >= 0.3 is 6.18 Å². The Morgan fingerprint density at radius 1 is 0.952 bits per heavy atom. The van der Waals surface area contributed by atoms with E-state index in [0.29, 0.717) is 35.6 Å². The summed E-state index contributed by atoms with van der Waals surface area (Å²) >= 11 is 0. The van der Waals surface area contributed by atoms with Crippen LogP contribution in [0.3, 0.4) is 0 Å². The first-order valence-corrected chi connectivity index (χ1v) is 13.7. The minimum atomic E-state index is -4.58. The summed E-state index contributed by atoms with van der Waals surface area (Å²) < 4.78 is 54.1. The van der Waals surface area contributed by atoms with Crippen molar-refractivity contribution in [1.29, 1.82) is 0 Å². The Morgan fingerprint density at radius 2 is 1.62 bits per heavy atom. The molecular weight excluding hydrogens is 550 g/mol. The van der Waals surface area contributed by atoms with E-state index in [1.165, 1.54) is 12.5 Å². The van der Waals surface area contributed by atoms with E-state index in [-0.39, 0.29) is 16.7 Å². The molecule has 0 aliphatic carbocycles. The number of nitrogens with two attached hydrogens (primary N) is 1. The molecule has 42 heavy (non-hydrogen) atoms. The number of amides is 2. The number of piperidine rings is 1. The summed E-state index contributed by atoms with van der Waals surface area (Å²) in [5.41, 5.74) is 6.66. The number of para-hydroxylation sites is 2. The summed E-state index contributed by atoms with van der Waals surface area (Å²) in [7, 11) is 0. The molecule has 1 saturated heterocycles. The van der Waals surface area contributed by atoms with Gasteiger partial charge in [0.25, 0.3) is 5.91 Å². The fourth-order valence-electron chi connectivity index (χ4n) is 4.68. The van der Waals surface area contributed by atoms with Crippen LogP contribution in [0.2, 0.25) is 0 Å². The maximum absolute atomic E-state index is 15.3. The van der Waals surface area contributed by atoms with Crippen LogP contribution in [-0.4, -0.2) is 42.9 Å². The summed E-state index contributed by atoms with van der Waals surface area (Å²) in [6, 6.07) is 15.7. The lowest BCUT2D eigenvalue weighted by atomic mass is 10.0. The molecule has 11 heteroatoms. The highest BCUT2D eigenvalue weighted by Crippen LogP contribution is 2.31. The molecule has 3 aromatic carbocycles. The third-order valence-electron chi connectivity index (χ3n) is 7.00. The lowest BCUT2D eigenvalue weighted by Crippen LogP contribution is -2.41. The normalized spacial score (nSPS) is 15.0. The van der Waals surface area contributed by atoms with Crippen molar-refractivity contribution >= 4 is 35.0 Å². The van der Waals surface area contributed by atoms with Crippen LogP contribution in [0.15, 0.2) is 78.9 Å². The number of hydrogen-bond donors (Lipinski definition) is 3. The second-order valence-corrected chi connectivity index (χ2v) is 10.0. The molecule has 1 aliphatic heterocycles. The van der Waals surface area contributed by atoms with Gasteiger partial charge in [0.2, 0.25) is 5.91 Å². The maximum Gasteiger partial charge on any atom is 0.416 e. The molecule has 1 unspecified atom stereocenters. The molecule has 7 nitrogen and oxygen atoms in total. The Hall–Kier alpha value is -4.22. The number of rotatable bonds is 10. The number of halogens is 4. The molecule has 1 heterocycles. The Balaban J connectivity index is 1.47. The van der Waals surface area contributed by atoms with Gasteiger partial charge in [0.15, 0.2) is 0 Å². The van der Waals surface area contributed by atoms with Crippen molar-refractivity contribution in [3.63, 3.8) is 0 Å². The molecule has 3 aromatic rings. The summed E-state index contributed by atoms with van der Waals surface area (Å²) in [4.78, 5) is 27.9. The number of carbonyl (C=O) groups excluding carboxylic acids is 2. The Morgan fingerprint density at radius 3 is 2.26 bits per heavy atom. The molecule has 0 spiro atoms. The van der Waals surface area contributed by atoms with Gasteiger partial charge in [-0.15, -0.1) is 5.12 Å². The van der Waals surface area contributed by atoms with Gasteiger partial charge in [-0.3, -0.25) is 9.59 Å². The van der Waals surface area contributed by atoms with Crippen molar-refractivity contribution in [3.8, 4) is 0 Å². The van der Waals surface area contributed by atoms with E-state index >= 15 is 4.48 Å². The molecule has 0 aromatic heterocycles. The molecular formula is C31H33F4N5O2. The molecule has 2 amide bonds. The second kappa shape index (κ2) is 14.1. The van der Waals surface area contributed by atoms with E-state index in [2.05, 4.69) is 15.5 Å². The van der Waals surface area contributed by atoms with Gasteiger partial charge in [-0.2, -0.15) is 13.2 Å². The van der Waals surface area contributed by atoms with E-state index < -0.39 is 23.7 Å². The highest BCUT2D eigenvalue weighted by atomic mass is 19.4. The number of hydrogen-bond acceptors (Lipinski definition) is 5. The molecule has 0 bridgehead atoms. The highest BCUT2D eigenvalue weighted by Gasteiger charge is 2.32. The van der Waals surface area contributed by atoms with Gasteiger partial charge in [-0.1, -0.05) is 47.3 Å². The molecule has 4 N–H and O–H groups in total. The van der Waals surface area contributed by atoms with E-state index in [0.717, 1.165) is 50.2 Å². The van der Waals surface area contributed by atoms with Gasteiger partial charge in [0, 0.05) is 19.2 Å². The van der Waals surface area contributed by atoms with Crippen LogP contribution in [0.25, 0.3) is 6.08 Å². The standard InChI is InChI=1S/C31H33F4N5O2/c32-31(33,34)24-13-15-25(16-14-24)40(35)30(42)29(37-18-21-39-19-4-1-5-20-39)23-11-8-22(9-12-23)10-17-28(41)38-27-7-3-2-6-26(27)36/h2-3,6-17,29,37H,1,4-5,18-21,36H2,(H,38,41). The first kappa shape index (κ1) is 30.7. The number of alkyl halides is 3. The van der Waals surface area contributed by atoms with Gasteiger partial charge < -0.3 is 21.3 Å². The van der Waals surface area contributed by atoms with Crippen molar-refractivity contribution in [3.05, 3.63) is 95.6 Å². The van der Waals surface area contributed by atoms with Crippen LogP contribution in [0.5, 0.6) is 0 Å². The summed E-state index contributed by atoms with van der Waals surface area (Å²) in [5.74, 6) is -1.34. The molecule has 0 radical (unpaired) electrons. The Bertz CT molecular complexity index is 1370. The number of carbonyl (C=O) groups is 2. The minimum Gasteiger partial charge on any atom is -0.397 e. The largest absolute Gasteiger partial charge is 0.416 e. The summed E-state index contributed by atoms with van der Waals surface area (Å²) in [6.07, 6.45) is 1.73. The van der Waals surface area contributed by atoms with Crippen LogP contribution >= 0.6 is 0 Å². The lowest BCUT2D eigenvalue weighted by molar-refractivity contribution is -0.137. The molecule has 0 saturated carbocycles. The van der Waals surface area contributed by atoms with Gasteiger partial charge in [0.05, 0.1) is 22.6 Å². The van der Waals surface area contributed by atoms with Gasteiger partial charge in [-0.05, 0) is 79.5 Å². The van der Waals surface area contributed by atoms with Crippen LogP contribution in [0.4, 0.5) is 34.7 Å². The van der Waals surface area contributed by atoms with Gasteiger partial charge in [0.1, 0.15) is 6.04 Å². The average Bonchev–Trinajstić information content (AvgIpc) is 2.99. The van der Waals surface area contributed by atoms with Crippen LogP contribution in [0.1, 0.15) is 42.0 Å². The van der Waals surface area contributed by atoms with Crippen molar-refractivity contribution < 1.29 is 27.2 Å². The zero-order chi connectivity index (χ0) is 30.1. The number of nitrogens with one attached hydrogen (secondary N) is 2. The monoisotopic (exact) mass is 583 g/mol. The molecule has 1 fully saturated rings. The SMILES string of the molecule is Nc1ccccc1NC(=O)C=Cc1ccc(C(NCCN2CCCCC2)C(=O)N(F)c2ccc(C(F)(F)F)cc2)cc1. The number of nitrogen functional groups attached to an aromatic ring is 1. The lowest BCUT2D eigenvalue weighted by Gasteiger charge is -2.28. The quantitative estimate of drug-likeness (QED) is 0.118. The van der Waals surface area contributed by atoms with E-state index in [9.17, 15) is 22.8 Å². The van der Waals surface area contributed by atoms with Gasteiger partial charge in [-0.25, -0.2) is 0 Å². The zero-order valence-electron chi connectivity index (χ0n) is 22.9.